The predicted molar refractivity (Wildman–Crippen MR) is 120 cm³/mol. The lowest BCUT2D eigenvalue weighted by Gasteiger charge is -2.27. The average Bonchev–Trinajstić information content (AvgIpc) is 3.61. The molecule has 5 heterocycles. The zero-order chi connectivity index (χ0) is 23.4. The largest absolute Gasteiger partial charge is 0.374 e. The number of carbonyl (C=O) groups is 1. The summed E-state index contributed by atoms with van der Waals surface area (Å²) in [5.74, 6) is 0.854. The number of amides is 1. The van der Waals surface area contributed by atoms with Crippen LogP contribution in [0.3, 0.4) is 0 Å². The van der Waals surface area contributed by atoms with Crippen molar-refractivity contribution in [1.29, 1.82) is 0 Å². The molecule has 180 valence electrons. The number of hydrogen-bond donors (Lipinski definition) is 1. The monoisotopic (exact) mass is 471 g/mol. The summed E-state index contributed by atoms with van der Waals surface area (Å²) in [5.41, 5.74) is 0.223. The standard InChI is InChI=1S/C23H27F2N7O2/c1-13-2-4-14(5-3-13)32-11-18(20(29-32)21(24)25)27-23(33)17-9-26-31-7-6-19(28-22(17)31)30-10-16-8-15(30)12-34-16/h6-7,9,11,13-16,21H,2-5,8,10,12H2,1H3,(H,27,33). The molecule has 2 saturated heterocycles. The van der Waals surface area contributed by atoms with Gasteiger partial charge in [-0.15, -0.1) is 0 Å². The third kappa shape index (κ3) is 3.71. The van der Waals surface area contributed by atoms with E-state index in [9.17, 15) is 13.6 Å². The van der Waals surface area contributed by atoms with Gasteiger partial charge >= 0.3 is 0 Å². The molecule has 0 spiro atoms. The maximum atomic E-state index is 13.7. The molecule has 3 aliphatic rings. The summed E-state index contributed by atoms with van der Waals surface area (Å²) in [6.45, 7) is 3.64. The molecule has 2 atom stereocenters. The van der Waals surface area contributed by atoms with E-state index in [0.29, 0.717) is 18.2 Å². The van der Waals surface area contributed by atoms with Crippen molar-refractivity contribution >= 4 is 23.1 Å². The molecule has 1 N–H and O–H groups in total. The van der Waals surface area contributed by atoms with E-state index in [0.717, 1.165) is 44.5 Å². The highest BCUT2D eigenvalue weighted by Gasteiger charge is 2.39. The quantitative estimate of drug-likeness (QED) is 0.608. The molecular weight excluding hydrogens is 444 g/mol. The molecule has 6 rings (SSSR count). The van der Waals surface area contributed by atoms with Gasteiger partial charge < -0.3 is 15.0 Å². The van der Waals surface area contributed by atoms with E-state index in [-0.39, 0.29) is 29.4 Å². The minimum atomic E-state index is -2.79. The number of rotatable bonds is 5. The number of ether oxygens (including phenoxy) is 1. The third-order valence-corrected chi connectivity index (χ3v) is 7.37. The number of halogens is 2. The van der Waals surface area contributed by atoms with E-state index in [2.05, 4.69) is 32.3 Å². The van der Waals surface area contributed by atoms with Crippen LogP contribution in [0.1, 0.15) is 67.5 Å². The van der Waals surface area contributed by atoms with Gasteiger partial charge in [0, 0.05) is 18.9 Å². The van der Waals surface area contributed by atoms with Crippen LogP contribution < -0.4 is 10.2 Å². The number of hydrogen-bond acceptors (Lipinski definition) is 6. The molecule has 9 nitrogen and oxygen atoms in total. The van der Waals surface area contributed by atoms with Gasteiger partial charge in [0.2, 0.25) is 0 Å². The zero-order valence-electron chi connectivity index (χ0n) is 18.9. The predicted octanol–water partition coefficient (Wildman–Crippen LogP) is 3.84. The van der Waals surface area contributed by atoms with Gasteiger partial charge in [-0.2, -0.15) is 10.2 Å². The second-order valence-corrected chi connectivity index (χ2v) is 9.69. The van der Waals surface area contributed by atoms with Crippen LogP contribution in [0.25, 0.3) is 5.65 Å². The minimum Gasteiger partial charge on any atom is -0.374 e. The Balaban J connectivity index is 1.26. The normalized spacial score (nSPS) is 26.6. The van der Waals surface area contributed by atoms with Crippen molar-refractivity contribution in [2.75, 3.05) is 23.4 Å². The number of anilines is 2. The topological polar surface area (TPSA) is 89.6 Å². The first-order chi connectivity index (χ1) is 16.5. The molecule has 0 aromatic carbocycles. The van der Waals surface area contributed by atoms with Crippen molar-refractivity contribution < 1.29 is 18.3 Å². The maximum Gasteiger partial charge on any atom is 0.284 e. The number of morpholine rings is 1. The highest BCUT2D eigenvalue weighted by atomic mass is 19.3. The molecule has 1 amide bonds. The maximum absolute atomic E-state index is 13.7. The zero-order valence-corrected chi connectivity index (χ0v) is 18.9. The lowest BCUT2D eigenvalue weighted by atomic mass is 9.87. The molecule has 3 fully saturated rings. The summed E-state index contributed by atoms with van der Waals surface area (Å²) in [6.07, 6.45) is 6.96. The molecule has 2 aliphatic heterocycles. The third-order valence-electron chi connectivity index (χ3n) is 7.37. The highest BCUT2D eigenvalue weighted by molar-refractivity contribution is 6.08. The van der Waals surface area contributed by atoms with Crippen LogP contribution in [0.5, 0.6) is 0 Å². The summed E-state index contributed by atoms with van der Waals surface area (Å²) in [5, 5.41) is 11.0. The molecule has 1 saturated carbocycles. The van der Waals surface area contributed by atoms with Crippen LogP contribution in [0.15, 0.2) is 24.7 Å². The van der Waals surface area contributed by atoms with E-state index in [1.165, 1.54) is 16.9 Å². The van der Waals surface area contributed by atoms with Crippen LogP contribution in [-0.4, -0.2) is 55.6 Å². The van der Waals surface area contributed by atoms with Gasteiger partial charge in [0.25, 0.3) is 12.3 Å². The van der Waals surface area contributed by atoms with Gasteiger partial charge in [0.1, 0.15) is 11.4 Å². The molecule has 2 unspecified atom stereocenters. The van der Waals surface area contributed by atoms with Gasteiger partial charge in [0.15, 0.2) is 11.3 Å². The number of nitrogens with zero attached hydrogens (tertiary/aromatic N) is 6. The molecule has 11 heteroatoms. The van der Waals surface area contributed by atoms with Gasteiger partial charge in [-0.25, -0.2) is 18.3 Å². The first-order valence-corrected chi connectivity index (χ1v) is 11.9. The summed E-state index contributed by atoms with van der Waals surface area (Å²) in [7, 11) is 0. The van der Waals surface area contributed by atoms with Crippen molar-refractivity contribution in [2.45, 2.75) is 63.6 Å². The summed E-state index contributed by atoms with van der Waals surface area (Å²) >= 11 is 0. The Labute approximate surface area is 195 Å². The number of alkyl halides is 2. The lowest BCUT2D eigenvalue weighted by molar-refractivity contribution is 0.0988. The summed E-state index contributed by atoms with van der Waals surface area (Å²) < 4.78 is 36.3. The molecule has 3 aromatic rings. The summed E-state index contributed by atoms with van der Waals surface area (Å²) in [6, 6.07) is 2.22. The van der Waals surface area contributed by atoms with E-state index < -0.39 is 18.0 Å². The van der Waals surface area contributed by atoms with Gasteiger partial charge in [-0.3, -0.25) is 9.48 Å². The Morgan fingerprint density at radius 1 is 1.24 bits per heavy atom. The molecule has 2 bridgehead atoms. The van der Waals surface area contributed by atoms with Gasteiger partial charge in [-0.1, -0.05) is 6.92 Å². The Kier molecular flexibility index (Phi) is 5.23. The fraction of sp³-hybridized carbons (Fsp3) is 0.565. The SMILES string of the molecule is CC1CCC(n2cc(NC(=O)c3cnn4ccc(N5CC6CC5CO6)nc34)c(C(F)F)n2)CC1. The first-order valence-electron chi connectivity index (χ1n) is 11.9. The number of nitrogens with one attached hydrogen (secondary N) is 1. The Hall–Kier alpha value is -3.08. The fourth-order valence-corrected chi connectivity index (χ4v) is 5.41. The van der Waals surface area contributed by atoms with E-state index in [1.54, 1.807) is 10.9 Å². The van der Waals surface area contributed by atoms with Crippen LogP contribution >= 0.6 is 0 Å². The van der Waals surface area contributed by atoms with Crippen LogP contribution in [0.2, 0.25) is 0 Å². The molecule has 0 radical (unpaired) electrons. The summed E-state index contributed by atoms with van der Waals surface area (Å²) in [4.78, 5) is 20.0. The van der Waals surface area contributed by atoms with E-state index in [1.807, 2.05) is 6.07 Å². The second-order valence-electron chi connectivity index (χ2n) is 9.69. The molecule has 3 aromatic heterocycles. The number of carbonyl (C=O) groups excluding carboxylic acids is 1. The average molecular weight is 472 g/mol. The van der Waals surface area contributed by atoms with Crippen molar-refractivity contribution in [2.24, 2.45) is 5.92 Å². The van der Waals surface area contributed by atoms with Gasteiger partial charge in [0.05, 0.1) is 36.7 Å². The van der Waals surface area contributed by atoms with Crippen LogP contribution in [-0.2, 0) is 4.74 Å². The smallest absolute Gasteiger partial charge is 0.284 e. The number of aromatic nitrogens is 5. The Morgan fingerprint density at radius 3 is 2.76 bits per heavy atom. The minimum absolute atomic E-state index is 0.0307. The van der Waals surface area contributed by atoms with Crippen molar-refractivity contribution in [3.63, 3.8) is 0 Å². The van der Waals surface area contributed by atoms with E-state index in [4.69, 9.17) is 4.74 Å². The fourth-order valence-electron chi connectivity index (χ4n) is 5.41. The second kappa shape index (κ2) is 8.30. The lowest BCUT2D eigenvalue weighted by Crippen LogP contribution is -2.37. The van der Waals surface area contributed by atoms with Crippen molar-refractivity contribution in [3.8, 4) is 0 Å². The van der Waals surface area contributed by atoms with Crippen LogP contribution in [0, 0.1) is 5.92 Å². The molecule has 1 aliphatic carbocycles. The van der Waals surface area contributed by atoms with Crippen molar-refractivity contribution in [1.82, 2.24) is 24.4 Å². The van der Waals surface area contributed by atoms with Crippen molar-refractivity contribution in [3.05, 3.63) is 35.9 Å². The van der Waals surface area contributed by atoms with Gasteiger partial charge in [-0.05, 0) is 44.1 Å². The highest BCUT2D eigenvalue weighted by Crippen LogP contribution is 2.35. The van der Waals surface area contributed by atoms with E-state index >= 15 is 0 Å². The Morgan fingerprint density at radius 2 is 2.06 bits per heavy atom. The Bertz CT molecular complexity index is 1220. The number of fused-ring (bicyclic) bond motifs is 3. The molecule has 34 heavy (non-hydrogen) atoms. The first kappa shape index (κ1) is 21.5. The van der Waals surface area contributed by atoms with Crippen LogP contribution in [0.4, 0.5) is 20.3 Å². The molecular formula is C23H27F2N7O2.